The Hall–Kier alpha value is -1.89. The Balaban J connectivity index is 1.84. The lowest BCUT2D eigenvalue weighted by atomic mass is 9.37. The van der Waals surface area contributed by atoms with E-state index in [1.54, 1.807) is 0 Å². The van der Waals surface area contributed by atoms with Crippen LogP contribution in [0.3, 0.4) is 0 Å². The second-order valence-corrected chi connectivity index (χ2v) is 20.0. The zero-order chi connectivity index (χ0) is 30.3. The molecule has 0 saturated carbocycles. The predicted molar refractivity (Wildman–Crippen MR) is 177 cm³/mol. The van der Waals surface area contributed by atoms with Crippen LogP contribution in [0.4, 0.5) is 0 Å². The van der Waals surface area contributed by atoms with Crippen molar-refractivity contribution in [1.29, 1.82) is 0 Å². The maximum atomic E-state index is 6.83. The van der Waals surface area contributed by atoms with Crippen LogP contribution in [-0.4, -0.2) is 44.7 Å². The molecule has 2 aliphatic rings. The summed E-state index contributed by atoms with van der Waals surface area (Å²) in [5, 5.41) is -0.738. The normalized spacial score (nSPS) is 22.1. The van der Waals surface area contributed by atoms with Crippen molar-refractivity contribution in [3.05, 3.63) is 89.6 Å². The maximum Gasteiger partial charge on any atom is 0.466 e. The Morgan fingerprint density at radius 1 is 0.683 bits per heavy atom. The smallest absolute Gasteiger partial charge is 0.403 e. The van der Waals surface area contributed by atoms with E-state index in [9.17, 15) is 0 Å². The van der Waals surface area contributed by atoms with Gasteiger partial charge in [0.2, 0.25) is 0 Å². The molecule has 0 aromatic heterocycles. The van der Waals surface area contributed by atoms with Gasteiger partial charge in [-0.25, -0.2) is 0 Å². The molecule has 0 unspecified atom stereocenters. The highest BCUT2D eigenvalue weighted by Gasteiger charge is 2.68. The third-order valence-corrected chi connectivity index (χ3v) is 10.5. The fourth-order valence-corrected chi connectivity index (χ4v) is 6.74. The molecule has 2 heterocycles. The molecular weight excluding hydrogens is 522 g/mol. The van der Waals surface area contributed by atoms with Crippen LogP contribution in [0.25, 0.3) is 5.57 Å². The van der Waals surface area contributed by atoms with E-state index in [4.69, 9.17) is 18.6 Å². The van der Waals surface area contributed by atoms with Gasteiger partial charge in [-0.05, 0) is 84.9 Å². The van der Waals surface area contributed by atoms with Gasteiger partial charge < -0.3 is 18.6 Å². The fourth-order valence-electron chi connectivity index (χ4n) is 5.41. The molecule has 0 radical (unpaired) electrons. The van der Waals surface area contributed by atoms with Gasteiger partial charge in [-0.1, -0.05) is 98.2 Å². The first-order chi connectivity index (χ1) is 18.9. The number of rotatable bonds is 9. The van der Waals surface area contributed by atoms with Gasteiger partial charge in [-0.3, -0.25) is 0 Å². The predicted octanol–water partition coefficient (Wildman–Crippen LogP) is 8.60. The molecule has 0 bridgehead atoms. The molecule has 41 heavy (non-hydrogen) atoms. The lowest BCUT2D eigenvalue weighted by molar-refractivity contribution is 0.00578. The number of hydrogen-bond donors (Lipinski definition) is 0. The number of benzene rings is 2. The van der Waals surface area contributed by atoms with Gasteiger partial charge in [-0.2, -0.15) is 0 Å². The third kappa shape index (κ3) is 6.86. The van der Waals surface area contributed by atoms with Gasteiger partial charge in [0, 0.05) is 0 Å². The molecule has 0 aliphatic carbocycles. The van der Waals surface area contributed by atoms with Crippen LogP contribution < -0.4 is 0 Å². The topological polar surface area (TPSA) is 36.9 Å². The molecule has 2 fully saturated rings. The lowest BCUT2D eigenvalue weighted by Crippen LogP contribution is -2.49. The zero-order valence-corrected chi connectivity index (χ0v) is 28.2. The lowest BCUT2D eigenvalue weighted by Gasteiger charge is -2.35. The molecule has 7 heteroatoms. The first-order valence-electron chi connectivity index (χ1n) is 15.1. The standard InChI is InChI=1S/C34H50B2O4Si/c1-30(2)31(3,4)38-35(37-30)34(25-27-19-14-12-15-20-27,36-39-32(5,6)33(7,8)40-36)24-18-23-29(26-41(9,10)11)28-21-16-13-17-22-28/h12-22,24,26H,23,25H2,1-11H3/b24-18+,29-26-. The molecule has 2 aromatic rings. The first-order valence-corrected chi connectivity index (χ1v) is 18.7. The minimum Gasteiger partial charge on any atom is -0.403 e. The molecule has 0 spiro atoms. The van der Waals surface area contributed by atoms with Gasteiger partial charge in [-0.15, -0.1) is 0 Å². The van der Waals surface area contributed by atoms with Crippen LogP contribution in [0.2, 0.25) is 24.9 Å². The third-order valence-electron chi connectivity index (χ3n) is 9.26. The Kier molecular flexibility index (Phi) is 8.84. The fraction of sp³-hybridized carbons (Fsp3) is 0.529. The summed E-state index contributed by atoms with van der Waals surface area (Å²) in [6.45, 7) is 24.0. The minimum absolute atomic E-state index is 0.496. The highest BCUT2D eigenvalue weighted by atomic mass is 28.3. The molecular formula is C34H50B2O4Si. The quantitative estimate of drug-likeness (QED) is 0.223. The molecule has 2 aliphatic heterocycles. The van der Waals surface area contributed by atoms with E-state index in [0.29, 0.717) is 6.42 Å². The summed E-state index contributed by atoms with van der Waals surface area (Å²) < 4.78 is 27.3. The zero-order valence-electron chi connectivity index (χ0n) is 27.2. The maximum absolute atomic E-state index is 6.83. The van der Waals surface area contributed by atoms with Crippen molar-refractivity contribution >= 4 is 27.9 Å². The highest BCUT2D eigenvalue weighted by molar-refractivity contribution is 6.81. The summed E-state index contributed by atoms with van der Waals surface area (Å²) in [6.07, 6.45) is 6.02. The van der Waals surface area contributed by atoms with Gasteiger partial charge in [0.05, 0.1) is 35.7 Å². The summed E-state index contributed by atoms with van der Waals surface area (Å²) >= 11 is 0. The second kappa shape index (κ2) is 11.3. The Bertz CT molecular complexity index is 1180. The van der Waals surface area contributed by atoms with Crippen LogP contribution in [0.5, 0.6) is 0 Å². The highest BCUT2D eigenvalue weighted by Crippen LogP contribution is 2.54. The molecule has 0 amide bonds. The Morgan fingerprint density at radius 2 is 1.10 bits per heavy atom. The van der Waals surface area contributed by atoms with Gasteiger partial charge >= 0.3 is 14.2 Å². The summed E-state index contributed by atoms with van der Waals surface area (Å²) in [7, 11) is -2.62. The minimum atomic E-state index is -1.48. The van der Waals surface area contributed by atoms with E-state index < -0.39 is 49.9 Å². The SMILES string of the molecule is CC1(C)OB(C(/C=C/C/C(=C/[Si](C)(C)C)c2ccccc2)(Cc2ccccc2)B2OC(C)(C)C(C)(C)O2)OC1(C)C. The largest absolute Gasteiger partial charge is 0.466 e. The van der Waals surface area contributed by atoms with Gasteiger partial charge in [0.25, 0.3) is 0 Å². The van der Waals surface area contributed by atoms with Crippen molar-refractivity contribution in [2.75, 3.05) is 0 Å². The van der Waals surface area contributed by atoms with Crippen LogP contribution in [-0.2, 0) is 25.0 Å². The van der Waals surface area contributed by atoms with Crippen LogP contribution >= 0.6 is 0 Å². The van der Waals surface area contributed by atoms with Crippen molar-refractivity contribution in [2.45, 2.75) is 115 Å². The summed E-state index contributed by atoms with van der Waals surface area (Å²) in [5.41, 5.74) is 4.32. The van der Waals surface area contributed by atoms with E-state index in [0.717, 1.165) is 6.42 Å². The van der Waals surface area contributed by atoms with E-state index in [1.165, 1.54) is 16.7 Å². The van der Waals surface area contributed by atoms with Gasteiger partial charge in [0.1, 0.15) is 0 Å². The number of allylic oxidation sites excluding steroid dienone is 3. The van der Waals surface area contributed by atoms with Gasteiger partial charge in [0.15, 0.2) is 0 Å². The average molecular weight is 572 g/mol. The van der Waals surface area contributed by atoms with Crippen molar-refractivity contribution in [3.63, 3.8) is 0 Å². The van der Waals surface area contributed by atoms with Crippen LogP contribution in [0, 0.1) is 0 Å². The average Bonchev–Trinajstić information content (AvgIpc) is 3.23. The molecule has 220 valence electrons. The summed E-state index contributed by atoms with van der Waals surface area (Å²) in [6, 6.07) is 21.3. The van der Waals surface area contributed by atoms with Crippen molar-refractivity contribution in [1.82, 2.24) is 0 Å². The molecule has 4 nitrogen and oxygen atoms in total. The van der Waals surface area contributed by atoms with E-state index >= 15 is 0 Å². The van der Waals surface area contributed by atoms with E-state index in [1.807, 2.05) is 0 Å². The Labute approximate surface area is 251 Å². The number of hydrogen-bond acceptors (Lipinski definition) is 4. The molecule has 0 atom stereocenters. The summed E-state index contributed by atoms with van der Waals surface area (Å²) in [5.74, 6) is 0. The Morgan fingerprint density at radius 3 is 1.51 bits per heavy atom. The van der Waals surface area contributed by atoms with Crippen LogP contribution in [0.1, 0.15) is 72.9 Å². The summed E-state index contributed by atoms with van der Waals surface area (Å²) in [4.78, 5) is 0. The van der Waals surface area contributed by atoms with Crippen molar-refractivity contribution < 1.29 is 18.6 Å². The molecule has 2 saturated heterocycles. The van der Waals surface area contributed by atoms with Crippen molar-refractivity contribution in [2.24, 2.45) is 0 Å². The molecule has 4 rings (SSSR count). The van der Waals surface area contributed by atoms with Crippen molar-refractivity contribution in [3.8, 4) is 0 Å². The van der Waals surface area contributed by atoms with E-state index in [-0.39, 0.29) is 0 Å². The second-order valence-electron chi connectivity index (χ2n) is 15.0. The van der Waals surface area contributed by atoms with E-state index in [2.05, 4.69) is 154 Å². The molecule has 2 aromatic carbocycles. The monoisotopic (exact) mass is 572 g/mol. The molecule has 0 N–H and O–H groups in total. The first kappa shape index (κ1) is 32.0. The van der Waals surface area contributed by atoms with Crippen LogP contribution in [0.15, 0.2) is 78.5 Å².